The summed E-state index contributed by atoms with van der Waals surface area (Å²) in [6.07, 6.45) is 2.37. The minimum atomic E-state index is -0.173. The molecule has 2 aromatic carbocycles. The van der Waals surface area contributed by atoms with E-state index in [1.54, 1.807) is 14.2 Å². The van der Waals surface area contributed by atoms with E-state index in [4.69, 9.17) is 23.7 Å². The van der Waals surface area contributed by atoms with Crippen LogP contribution in [-0.2, 0) is 4.74 Å². The second-order valence-corrected chi connectivity index (χ2v) is 10.8. The molecule has 0 radical (unpaired) electrons. The average molecular weight is 455 g/mol. The molecule has 5 nitrogen and oxygen atoms in total. The van der Waals surface area contributed by atoms with E-state index in [1.807, 2.05) is 25.1 Å². The number of benzene rings is 2. The molecule has 1 aliphatic heterocycles. The molecular weight excluding hydrogens is 416 g/mol. The normalized spacial score (nSPS) is 23.6. The summed E-state index contributed by atoms with van der Waals surface area (Å²) in [4.78, 5) is 0. The number of ether oxygens (including phenoxy) is 5. The molecule has 3 atom stereocenters. The second-order valence-electron chi connectivity index (χ2n) is 10.8. The van der Waals surface area contributed by atoms with E-state index in [1.165, 1.54) is 18.4 Å². The summed E-state index contributed by atoms with van der Waals surface area (Å²) in [5.74, 6) is 3.47. The summed E-state index contributed by atoms with van der Waals surface area (Å²) in [6, 6.07) is 12.3. The maximum atomic E-state index is 6.29. The fraction of sp³-hybridized carbons (Fsp3) is 0.571. The van der Waals surface area contributed by atoms with Gasteiger partial charge in [-0.3, -0.25) is 0 Å². The van der Waals surface area contributed by atoms with Crippen molar-refractivity contribution in [1.29, 1.82) is 0 Å². The highest BCUT2D eigenvalue weighted by molar-refractivity contribution is 5.46. The summed E-state index contributed by atoms with van der Waals surface area (Å²) in [5.41, 5.74) is 2.88. The highest BCUT2D eigenvalue weighted by Crippen LogP contribution is 2.53. The van der Waals surface area contributed by atoms with Gasteiger partial charge in [0.1, 0.15) is 12.7 Å². The van der Waals surface area contributed by atoms with Crippen molar-refractivity contribution in [2.75, 3.05) is 27.4 Å². The SMILES string of the molecule is COc1ccc(C2OCC2(C)C)cc1OCC(C)Oc1cc(C2CCC2(C)C)ccc1OC. The summed E-state index contributed by atoms with van der Waals surface area (Å²) < 4.78 is 29.4. The van der Waals surface area contributed by atoms with Crippen molar-refractivity contribution in [3.63, 3.8) is 0 Å². The molecule has 4 rings (SSSR count). The van der Waals surface area contributed by atoms with Crippen molar-refractivity contribution in [2.45, 2.75) is 65.6 Å². The number of hydrogen-bond donors (Lipinski definition) is 0. The Morgan fingerprint density at radius 1 is 0.879 bits per heavy atom. The van der Waals surface area contributed by atoms with Crippen LogP contribution in [0, 0.1) is 10.8 Å². The molecule has 2 aromatic rings. The molecule has 1 saturated heterocycles. The third-order valence-corrected chi connectivity index (χ3v) is 7.23. The van der Waals surface area contributed by atoms with Crippen molar-refractivity contribution < 1.29 is 23.7 Å². The van der Waals surface area contributed by atoms with Crippen LogP contribution in [0.15, 0.2) is 36.4 Å². The van der Waals surface area contributed by atoms with E-state index in [9.17, 15) is 0 Å². The largest absolute Gasteiger partial charge is 0.493 e. The van der Waals surface area contributed by atoms with E-state index in [2.05, 4.69) is 45.9 Å². The predicted octanol–water partition coefficient (Wildman–Crippen LogP) is 6.55. The second kappa shape index (κ2) is 9.09. The third-order valence-electron chi connectivity index (χ3n) is 7.23. The molecule has 2 aliphatic rings. The van der Waals surface area contributed by atoms with Crippen molar-refractivity contribution >= 4 is 0 Å². The summed E-state index contributed by atoms with van der Waals surface area (Å²) >= 11 is 0. The van der Waals surface area contributed by atoms with E-state index < -0.39 is 0 Å². The van der Waals surface area contributed by atoms with Gasteiger partial charge in [-0.25, -0.2) is 0 Å². The molecule has 1 aliphatic carbocycles. The van der Waals surface area contributed by atoms with Gasteiger partial charge in [0.05, 0.1) is 26.9 Å². The fourth-order valence-corrected chi connectivity index (χ4v) is 4.96. The van der Waals surface area contributed by atoms with Crippen molar-refractivity contribution in [1.82, 2.24) is 0 Å². The first-order valence-electron chi connectivity index (χ1n) is 11.9. The summed E-state index contributed by atoms with van der Waals surface area (Å²) in [7, 11) is 3.33. The van der Waals surface area contributed by atoms with E-state index in [0.29, 0.717) is 29.4 Å². The standard InChI is InChI=1S/C28H38O5/c1-18(33-25-14-19(8-10-23(25)30-7)21-12-13-27(21,2)3)16-31-24-15-20(9-11-22(24)29-6)26-28(4,5)17-32-26/h8-11,14-15,18,21,26H,12-13,16-17H2,1-7H3. The maximum absolute atomic E-state index is 6.29. The fourth-order valence-electron chi connectivity index (χ4n) is 4.96. The van der Waals surface area contributed by atoms with Gasteiger partial charge in [-0.1, -0.05) is 39.8 Å². The first-order chi connectivity index (χ1) is 15.6. The van der Waals surface area contributed by atoms with Gasteiger partial charge in [0.15, 0.2) is 23.0 Å². The Morgan fingerprint density at radius 3 is 2.03 bits per heavy atom. The summed E-state index contributed by atoms with van der Waals surface area (Å²) in [5, 5.41) is 0. The van der Waals surface area contributed by atoms with Crippen molar-refractivity contribution in [3.05, 3.63) is 47.5 Å². The number of rotatable bonds is 9. The highest BCUT2D eigenvalue weighted by atomic mass is 16.6. The van der Waals surface area contributed by atoms with E-state index >= 15 is 0 Å². The van der Waals surface area contributed by atoms with Crippen LogP contribution in [0.1, 0.15) is 70.6 Å². The molecule has 0 spiro atoms. The minimum absolute atomic E-state index is 0.0715. The lowest BCUT2D eigenvalue weighted by Crippen LogP contribution is -2.40. The summed E-state index contributed by atoms with van der Waals surface area (Å²) in [6.45, 7) is 12.3. The average Bonchev–Trinajstić information content (AvgIpc) is 2.76. The van der Waals surface area contributed by atoms with Crippen molar-refractivity contribution in [3.8, 4) is 23.0 Å². The van der Waals surface area contributed by atoms with Gasteiger partial charge >= 0.3 is 0 Å². The van der Waals surface area contributed by atoms with Gasteiger partial charge in [0.25, 0.3) is 0 Å². The third kappa shape index (κ3) is 4.79. The first kappa shape index (κ1) is 23.7. The lowest BCUT2D eigenvalue weighted by molar-refractivity contribution is -0.172. The molecule has 0 N–H and O–H groups in total. The van der Waals surface area contributed by atoms with E-state index in [-0.39, 0.29) is 17.6 Å². The van der Waals surface area contributed by atoms with Gasteiger partial charge in [0.2, 0.25) is 0 Å². The molecule has 0 aromatic heterocycles. The zero-order chi connectivity index (χ0) is 23.8. The monoisotopic (exact) mass is 454 g/mol. The Bertz CT molecular complexity index is 980. The molecule has 5 heteroatoms. The van der Waals surface area contributed by atoms with Gasteiger partial charge < -0.3 is 23.7 Å². The van der Waals surface area contributed by atoms with Gasteiger partial charge in [-0.2, -0.15) is 0 Å². The topological polar surface area (TPSA) is 46.2 Å². The van der Waals surface area contributed by atoms with Crippen LogP contribution in [0.25, 0.3) is 0 Å². The maximum Gasteiger partial charge on any atom is 0.162 e. The lowest BCUT2D eigenvalue weighted by atomic mass is 9.60. The van der Waals surface area contributed by atoms with Crippen LogP contribution in [-0.4, -0.2) is 33.5 Å². The molecule has 0 bridgehead atoms. The number of methoxy groups -OCH3 is 2. The lowest BCUT2D eigenvalue weighted by Gasteiger charge is -2.45. The molecule has 2 fully saturated rings. The zero-order valence-electron chi connectivity index (χ0n) is 21.1. The van der Waals surface area contributed by atoms with Crippen molar-refractivity contribution in [2.24, 2.45) is 10.8 Å². The van der Waals surface area contributed by atoms with Crippen LogP contribution in [0.5, 0.6) is 23.0 Å². The molecular formula is C28H38O5. The smallest absolute Gasteiger partial charge is 0.162 e. The van der Waals surface area contributed by atoms with Gasteiger partial charge in [0, 0.05) is 5.41 Å². The quantitative estimate of drug-likeness (QED) is 0.430. The number of hydrogen-bond acceptors (Lipinski definition) is 5. The van der Waals surface area contributed by atoms with Crippen LogP contribution in [0.3, 0.4) is 0 Å². The molecule has 1 saturated carbocycles. The molecule has 180 valence electrons. The Kier molecular flexibility index (Phi) is 6.54. The zero-order valence-corrected chi connectivity index (χ0v) is 21.1. The van der Waals surface area contributed by atoms with Gasteiger partial charge in [-0.15, -0.1) is 0 Å². The molecule has 3 unspecified atom stereocenters. The molecule has 1 heterocycles. The van der Waals surface area contributed by atoms with Crippen LogP contribution >= 0.6 is 0 Å². The van der Waals surface area contributed by atoms with Crippen LogP contribution in [0.2, 0.25) is 0 Å². The molecule has 0 amide bonds. The Hall–Kier alpha value is -2.40. The Morgan fingerprint density at radius 2 is 1.52 bits per heavy atom. The molecule has 33 heavy (non-hydrogen) atoms. The van der Waals surface area contributed by atoms with Crippen LogP contribution in [0.4, 0.5) is 0 Å². The van der Waals surface area contributed by atoms with Crippen LogP contribution < -0.4 is 18.9 Å². The minimum Gasteiger partial charge on any atom is -0.493 e. The van der Waals surface area contributed by atoms with E-state index in [0.717, 1.165) is 23.7 Å². The Balaban J connectivity index is 1.45. The van der Waals surface area contributed by atoms with Gasteiger partial charge in [-0.05, 0) is 66.5 Å². The first-order valence-corrected chi connectivity index (χ1v) is 11.9. The highest BCUT2D eigenvalue weighted by Gasteiger charge is 2.41. The predicted molar refractivity (Wildman–Crippen MR) is 130 cm³/mol. The Labute approximate surface area is 198 Å².